The molecule has 0 N–H and O–H groups in total. The van der Waals surface area contributed by atoms with E-state index in [-0.39, 0.29) is 0 Å². The molecule has 1 radical (unpaired) electrons. The van der Waals surface area contributed by atoms with Crippen LogP contribution in [0.2, 0.25) is 0 Å². The number of rotatable bonds is 4. The molecule has 2 heteroatoms. The second kappa shape index (κ2) is 5.17. The Hall–Kier alpha value is -1.80. The van der Waals surface area contributed by atoms with Gasteiger partial charge in [-0.2, -0.15) is 0 Å². The van der Waals surface area contributed by atoms with Crippen molar-refractivity contribution in [3.05, 3.63) is 66.2 Å². The van der Waals surface area contributed by atoms with Gasteiger partial charge in [0.05, 0.1) is 5.69 Å². The molecule has 15 heavy (non-hydrogen) atoms. The molecule has 0 saturated carbocycles. The summed E-state index contributed by atoms with van der Waals surface area (Å²) in [4.78, 5) is 5.23. The molecule has 0 unspecified atom stereocenters. The van der Waals surface area contributed by atoms with Gasteiger partial charge in [0.25, 0.3) is 0 Å². The Balaban J connectivity index is 1.81. The SMILES string of the molecule is c1ccc(CO[N]c2ccccc2)cc1. The zero-order chi connectivity index (χ0) is 10.3. The lowest BCUT2D eigenvalue weighted by Crippen LogP contribution is -1.99. The molecule has 2 nitrogen and oxygen atoms in total. The fourth-order valence-electron chi connectivity index (χ4n) is 1.24. The molecule has 2 aromatic rings. The summed E-state index contributed by atoms with van der Waals surface area (Å²) in [6.07, 6.45) is 0. The van der Waals surface area contributed by atoms with E-state index in [4.69, 9.17) is 4.84 Å². The minimum absolute atomic E-state index is 0.510. The van der Waals surface area contributed by atoms with Crippen molar-refractivity contribution >= 4 is 5.69 Å². The highest BCUT2D eigenvalue weighted by Crippen LogP contribution is 2.07. The molecular formula is C13H12NO. The zero-order valence-electron chi connectivity index (χ0n) is 8.34. The van der Waals surface area contributed by atoms with Gasteiger partial charge in [0.2, 0.25) is 0 Å². The summed E-state index contributed by atoms with van der Waals surface area (Å²) >= 11 is 0. The molecule has 0 amide bonds. The van der Waals surface area contributed by atoms with Crippen LogP contribution < -0.4 is 5.48 Å². The van der Waals surface area contributed by atoms with Crippen LogP contribution in [0.4, 0.5) is 5.69 Å². The summed E-state index contributed by atoms with van der Waals surface area (Å²) in [7, 11) is 0. The quantitative estimate of drug-likeness (QED) is 0.692. The lowest BCUT2D eigenvalue weighted by molar-refractivity contribution is 0.0546. The molecule has 0 heterocycles. The predicted molar refractivity (Wildman–Crippen MR) is 59.5 cm³/mol. The van der Waals surface area contributed by atoms with Crippen molar-refractivity contribution in [2.75, 3.05) is 0 Å². The molecule has 0 aliphatic heterocycles. The minimum atomic E-state index is 0.510. The summed E-state index contributed by atoms with van der Waals surface area (Å²) in [5, 5.41) is 0. The molecule has 0 fully saturated rings. The highest BCUT2D eigenvalue weighted by atomic mass is 16.6. The molecule has 2 aromatic carbocycles. The maximum Gasteiger partial charge on any atom is 0.102 e. The monoisotopic (exact) mass is 198 g/mol. The fourth-order valence-corrected chi connectivity index (χ4v) is 1.24. The third-order valence-electron chi connectivity index (χ3n) is 2.00. The molecule has 0 aromatic heterocycles. The van der Waals surface area contributed by atoms with Gasteiger partial charge in [0.15, 0.2) is 0 Å². The van der Waals surface area contributed by atoms with Crippen molar-refractivity contribution in [3.8, 4) is 0 Å². The first-order chi connectivity index (χ1) is 7.45. The molecule has 0 aliphatic carbocycles. The third kappa shape index (κ3) is 3.11. The number of benzene rings is 2. The summed E-state index contributed by atoms with van der Waals surface area (Å²) in [6.45, 7) is 0.510. The van der Waals surface area contributed by atoms with Crippen molar-refractivity contribution in [2.24, 2.45) is 0 Å². The molecule has 2 rings (SSSR count). The van der Waals surface area contributed by atoms with Gasteiger partial charge in [0.1, 0.15) is 6.61 Å². The van der Waals surface area contributed by atoms with Gasteiger partial charge >= 0.3 is 0 Å². The second-order valence-electron chi connectivity index (χ2n) is 3.19. The van der Waals surface area contributed by atoms with Crippen LogP contribution in [-0.4, -0.2) is 0 Å². The van der Waals surface area contributed by atoms with E-state index >= 15 is 0 Å². The minimum Gasteiger partial charge on any atom is -0.247 e. The number of hydrogen-bond acceptors (Lipinski definition) is 1. The first-order valence-electron chi connectivity index (χ1n) is 4.87. The van der Waals surface area contributed by atoms with Gasteiger partial charge < -0.3 is 0 Å². The van der Waals surface area contributed by atoms with Crippen LogP contribution in [0.5, 0.6) is 0 Å². The summed E-state index contributed by atoms with van der Waals surface area (Å²) in [5.74, 6) is 0. The molecular weight excluding hydrogens is 186 g/mol. The van der Waals surface area contributed by atoms with Gasteiger partial charge in [-0.15, -0.1) is 5.48 Å². The number of hydrogen-bond donors (Lipinski definition) is 0. The van der Waals surface area contributed by atoms with Gasteiger partial charge in [-0.25, -0.2) is 4.84 Å². The molecule has 0 bridgehead atoms. The maximum absolute atomic E-state index is 5.23. The molecule has 0 atom stereocenters. The Morgan fingerprint density at radius 3 is 2.07 bits per heavy atom. The van der Waals surface area contributed by atoms with Crippen LogP contribution >= 0.6 is 0 Å². The van der Waals surface area contributed by atoms with E-state index in [2.05, 4.69) is 5.48 Å². The maximum atomic E-state index is 5.23. The average molecular weight is 198 g/mol. The zero-order valence-corrected chi connectivity index (χ0v) is 8.34. The van der Waals surface area contributed by atoms with Crippen molar-refractivity contribution in [1.82, 2.24) is 5.48 Å². The highest BCUT2D eigenvalue weighted by molar-refractivity contribution is 5.33. The Morgan fingerprint density at radius 2 is 1.40 bits per heavy atom. The van der Waals surface area contributed by atoms with Crippen molar-refractivity contribution in [1.29, 1.82) is 0 Å². The van der Waals surface area contributed by atoms with E-state index in [1.165, 1.54) is 0 Å². The number of nitrogens with zero attached hydrogens (tertiary/aromatic N) is 1. The van der Waals surface area contributed by atoms with Crippen LogP contribution in [0.1, 0.15) is 5.56 Å². The van der Waals surface area contributed by atoms with Gasteiger partial charge in [-0.3, -0.25) is 0 Å². The first kappa shape index (κ1) is 9.74. The summed E-state index contributed by atoms with van der Waals surface area (Å²) in [6, 6.07) is 19.6. The Labute approximate surface area is 89.5 Å². The summed E-state index contributed by atoms with van der Waals surface area (Å²) < 4.78 is 0. The van der Waals surface area contributed by atoms with Crippen molar-refractivity contribution in [3.63, 3.8) is 0 Å². The second-order valence-corrected chi connectivity index (χ2v) is 3.19. The van der Waals surface area contributed by atoms with Crippen LogP contribution in [-0.2, 0) is 11.4 Å². The van der Waals surface area contributed by atoms with Crippen LogP contribution in [0.25, 0.3) is 0 Å². The van der Waals surface area contributed by atoms with Crippen molar-refractivity contribution < 1.29 is 4.84 Å². The standard InChI is InChI=1S/C13H12NO/c1-3-7-12(8-4-1)11-15-14-13-9-5-2-6-10-13/h1-10H,11H2. The molecule has 0 spiro atoms. The van der Waals surface area contributed by atoms with Gasteiger partial charge in [-0.1, -0.05) is 48.5 Å². The lowest BCUT2D eigenvalue weighted by Gasteiger charge is -2.02. The van der Waals surface area contributed by atoms with E-state index in [0.717, 1.165) is 11.3 Å². The van der Waals surface area contributed by atoms with Gasteiger partial charge in [-0.05, 0) is 17.7 Å². The van der Waals surface area contributed by atoms with E-state index in [9.17, 15) is 0 Å². The normalized spacial score (nSPS) is 9.87. The van der Waals surface area contributed by atoms with Crippen LogP contribution in [0, 0.1) is 0 Å². The van der Waals surface area contributed by atoms with Crippen LogP contribution in [0.3, 0.4) is 0 Å². The van der Waals surface area contributed by atoms with E-state index in [1.807, 2.05) is 60.7 Å². The Bertz CT molecular complexity index is 346. The average Bonchev–Trinajstić information content (AvgIpc) is 2.32. The Kier molecular flexibility index (Phi) is 3.36. The van der Waals surface area contributed by atoms with E-state index in [0.29, 0.717) is 6.61 Å². The van der Waals surface area contributed by atoms with E-state index in [1.54, 1.807) is 0 Å². The smallest absolute Gasteiger partial charge is 0.102 e. The Morgan fingerprint density at radius 1 is 0.800 bits per heavy atom. The molecule has 0 aliphatic rings. The fraction of sp³-hybridized carbons (Fsp3) is 0.0769. The topological polar surface area (TPSA) is 23.3 Å². The highest BCUT2D eigenvalue weighted by Gasteiger charge is 1.94. The largest absolute Gasteiger partial charge is 0.247 e. The van der Waals surface area contributed by atoms with Crippen molar-refractivity contribution in [2.45, 2.75) is 6.61 Å². The molecule has 0 saturated heterocycles. The summed E-state index contributed by atoms with van der Waals surface area (Å²) in [5.41, 5.74) is 5.97. The third-order valence-corrected chi connectivity index (χ3v) is 2.00. The first-order valence-corrected chi connectivity index (χ1v) is 4.87. The van der Waals surface area contributed by atoms with E-state index < -0.39 is 0 Å². The molecule has 75 valence electrons. The lowest BCUT2D eigenvalue weighted by atomic mass is 10.2. The van der Waals surface area contributed by atoms with Crippen LogP contribution in [0.15, 0.2) is 60.7 Å². The van der Waals surface area contributed by atoms with Gasteiger partial charge in [0, 0.05) is 0 Å². The predicted octanol–water partition coefficient (Wildman–Crippen LogP) is 3.05.